The van der Waals surface area contributed by atoms with Gasteiger partial charge in [0.25, 0.3) is 5.91 Å². The van der Waals surface area contributed by atoms with Crippen LogP contribution in [0.2, 0.25) is 0 Å². The van der Waals surface area contributed by atoms with Crippen LogP contribution in [0.1, 0.15) is 33.7 Å². The SMILES string of the molecule is CSCC[C@H](NC(=O)c1ccc(COCc2ccc(-c3ccc(F)cc3)o2)cc1-c1ccccc1C(F)(F)F)C(=O)[O-].[Li+]. The molecule has 0 saturated heterocycles. The van der Waals surface area contributed by atoms with Gasteiger partial charge in [-0.25, -0.2) is 4.39 Å². The predicted molar refractivity (Wildman–Crippen MR) is 149 cm³/mol. The molecule has 0 unspecified atom stereocenters. The van der Waals surface area contributed by atoms with E-state index in [-0.39, 0.29) is 61.0 Å². The number of carboxylic acids is 1. The zero-order valence-corrected chi connectivity index (χ0v) is 24.2. The Balaban J connectivity index is 0.00000506. The van der Waals surface area contributed by atoms with E-state index in [4.69, 9.17) is 9.15 Å². The molecule has 1 heterocycles. The molecular weight excluding hydrogens is 581 g/mol. The van der Waals surface area contributed by atoms with Gasteiger partial charge in [0.05, 0.1) is 24.2 Å². The number of aliphatic carboxylic acids is 1. The molecule has 3 aromatic carbocycles. The van der Waals surface area contributed by atoms with Crippen LogP contribution in [0.15, 0.2) is 83.3 Å². The summed E-state index contributed by atoms with van der Waals surface area (Å²) in [7, 11) is 0. The number of hydrogen-bond acceptors (Lipinski definition) is 6. The first kappa shape index (κ1) is 34.0. The van der Waals surface area contributed by atoms with Crippen LogP contribution in [0.5, 0.6) is 0 Å². The molecular formula is C31H26F4LiNO5S. The van der Waals surface area contributed by atoms with Crippen molar-refractivity contribution in [1.29, 1.82) is 0 Å². The van der Waals surface area contributed by atoms with Gasteiger partial charge in [0.2, 0.25) is 0 Å². The van der Waals surface area contributed by atoms with E-state index in [0.717, 1.165) is 6.07 Å². The maximum absolute atomic E-state index is 13.9. The van der Waals surface area contributed by atoms with Gasteiger partial charge in [0.15, 0.2) is 0 Å². The van der Waals surface area contributed by atoms with Crippen LogP contribution in [-0.4, -0.2) is 29.9 Å². The minimum Gasteiger partial charge on any atom is -0.548 e. The molecule has 220 valence electrons. The van der Waals surface area contributed by atoms with Crippen molar-refractivity contribution in [3.8, 4) is 22.5 Å². The number of ether oxygens (including phenoxy) is 1. The minimum atomic E-state index is -4.70. The third kappa shape index (κ3) is 9.00. The first-order chi connectivity index (χ1) is 20.1. The first-order valence-corrected chi connectivity index (χ1v) is 14.2. The zero-order chi connectivity index (χ0) is 30.3. The Hall–Kier alpha value is -3.49. The summed E-state index contributed by atoms with van der Waals surface area (Å²) in [5.74, 6) is -1.27. The average molecular weight is 608 g/mol. The van der Waals surface area contributed by atoms with Gasteiger partial charge in [-0.1, -0.05) is 24.3 Å². The number of amides is 1. The summed E-state index contributed by atoms with van der Waals surface area (Å²) >= 11 is 1.38. The number of halogens is 4. The number of hydrogen-bond donors (Lipinski definition) is 1. The zero-order valence-electron chi connectivity index (χ0n) is 23.4. The fourth-order valence-corrected chi connectivity index (χ4v) is 4.75. The number of furan rings is 1. The summed E-state index contributed by atoms with van der Waals surface area (Å²) in [6, 6.07) is 17.0. The number of rotatable bonds is 12. The molecule has 0 spiro atoms. The van der Waals surface area contributed by atoms with Crippen molar-refractivity contribution < 1.29 is 60.3 Å². The number of carboxylic acid groups (broad SMARTS) is 1. The van der Waals surface area contributed by atoms with E-state index in [1.165, 1.54) is 60.3 Å². The van der Waals surface area contributed by atoms with Crippen molar-refractivity contribution in [2.45, 2.75) is 31.9 Å². The van der Waals surface area contributed by atoms with Crippen molar-refractivity contribution in [3.05, 3.63) is 107 Å². The molecule has 1 atom stereocenters. The molecule has 0 aliphatic rings. The Morgan fingerprint density at radius 3 is 2.37 bits per heavy atom. The maximum atomic E-state index is 13.9. The van der Waals surface area contributed by atoms with E-state index in [1.54, 1.807) is 30.5 Å². The molecule has 43 heavy (non-hydrogen) atoms. The molecule has 0 aliphatic carbocycles. The quantitative estimate of drug-likeness (QED) is 0.197. The van der Waals surface area contributed by atoms with Crippen molar-refractivity contribution in [2.24, 2.45) is 0 Å². The van der Waals surface area contributed by atoms with Crippen LogP contribution in [0, 0.1) is 5.82 Å². The number of benzene rings is 3. The van der Waals surface area contributed by atoms with Crippen molar-refractivity contribution in [2.75, 3.05) is 12.0 Å². The van der Waals surface area contributed by atoms with E-state index < -0.39 is 29.7 Å². The molecule has 0 aliphatic heterocycles. The van der Waals surface area contributed by atoms with Gasteiger partial charge >= 0.3 is 25.0 Å². The van der Waals surface area contributed by atoms with Crippen LogP contribution in [0.3, 0.4) is 0 Å². The van der Waals surface area contributed by atoms with E-state index in [9.17, 15) is 32.3 Å². The van der Waals surface area contributed by atoms with Gasteiger partial charge in [0, 0.05) is 11.1 Å². The third-order valence-corrected chi connectivity index (χ3v) is 7.00. The molecule has 0 saturated carbocycles. The molecule has 6 nitrogen and oxygen atoms in total. The Labute approximate surface area is 262 Å². The van der Waals surface area contributed by atoms with Crippen molar-refractivity contribution in [1.82, 2.24) is 5.32 Å². The van der Waals surface area contributed by atoms with Crippen LogP contribution in [0.25, 0.3) is 22.5 Å². The largest absolute Gasteiger partial charge is 1.00 e. The number of carbonyl (C=O) groups excluding carboxylic acids is 2. The van der Waals surface area contributed by atoms with Gasteiger partial charge in [0.1, 0.15) is 23.9 Å². The molecule has 0 bridgehead atoms. The Morgan fingerprint density at radius 1 is 0.977 bits per heavy atom. The molecule has 0 radical (unpaired) electrons. The molecule has 1 N–H and O–H groups in total. The van der Waals surface area contributed by atoms with E-state index in [1.807, 2.05) is 0 Å². The second-order valence-electron chi connectivity index (χ2n) is 9.32. The summed E-state index contributed by atoms with van der Waals surface area (Å²) < 4.78 is 66.4. The van der Waals surface area contributed by atoms with Crippen molar-refractivity contribution >= 4 is 23.6 Å². The van der Waals surface area contributed by atoms with Gasteiger partial charge in [-0.3, -0.25) is 4.79 Å². The van der Waals surface area contributed by atoms with Crippen LogP contribution >= 0.6 is 11.8 Å². The predicted octanol–water partition coefficient (Wildman–Crippen LogP) is 3.09. The molecule has 1 aromatic heterocycles. The first-order valence-electron chi connectivity index (χ1n) is 12.8. The average Bonchev–Trinajstić information content (AvgIpc) is 3.43. The topological polar surface area (TPSA) is 91.6 Å². The smallest absolute Gasteiger partial charge is 0.548 e. The van der Waals surface area contributed by atoms with Crippen LogP contribution < -0.4 is 29.3 Å². The fourth-order valence-electron chi connectivity index (χ4n) is 4.28. The van der Waals surface area contributed by atoms with Crippen LogP contribution in [-0.2, 0) is 28.9 Å². The van der Waals surface area contributed by atoms with E-state index in [2.05, 4.69) is 5.32 Å². The summed E-state index contributed by atoms with van der Waals surface area (Å²) in [6.07, 6.45) is -2.84. The molecule has 0 fully saturated rings. The standard InChI is InChI=1S/C31H27F4NO5S.Li/c1-42-15-14-27(30(38)39)36-29(37)24-12-6-19(16-25(24)23-4-2-3-5-26(23)31(33,34)35)17-40-18-22-11-13-28(41-22)20-7-9-21(32)10-8-20;/h2-13,16,27H,14-15,17-18H2,1H3,(H,36,37)(H,38,39);/q;+1/p-1/t27-;/m0./s1. The molecule has 4 rings (SSSR count). The fraction of sp³-hybridized carbons (Fsp3) is 0.226. The monoisotopic (exact) mass is 607 g/mol. The molecule has 4 aromatic rings. The Morgan fingerprint density at radius 2 is 1.70 bits per heavy atom. The van der Waals surface area contributed by atoms with E-state index >= 15 is 0 Å². The Bertz CT molecular complexity index is 1540. The van der Waals surface area contributed by atoms with Crippen molar-refractivity contribution in [3.63, 3.8) is 0 Å². The number of nitrogens with one attached hydrogen (secondary N) is 1. The summed E-state index contributed by atoms with van der Waals surface area (Å²) in [4.78, 5) is 24.7. The number of carbonyl (C=O) groups is 2. The molecule has 12 heteroatoms. The molecule has 1 amide bonds. The Kier molecular flexibility index (Phi) is 12.1. The van der Waals surface area contributed by atoms with Gasteiger partial charge in [-0.05, 0) is 89.7 Å². The third-order valence-electron chi connectivity index (χ3n) is 6.36. The number of thioether (sulfide) groups is 1. The summed E-state index contributed by atoms with van der Waals surface area (Å²) in [6.45, 7) is 0.0195. The second-order valence-corrected chi connectivity index (χ2v) is 10.3. The summed E-state index contributed by atoms with van der Waals surface area (Å²) in [5, 5.41) is 14.0. The number of alkyl halides is 3. The minimum absolute atomic E-state index is 0. The maximum Gasteiger partial charge on any atom is 1.00 e. The van der Waals surface area contributed by atoms with Gasteiger partial charge < -0.3 is 24.4 Å². The summed E-state index contributed by atoms with van der Waals surface area (Å²) in [5.41, 5.74) is -0.177. The van der Waals surface area contributed by atoms with Crippen LogP contribution in [0.4, 0.5) is 17.6 Å². The normalized spacial score (nSPS) is 11.9. The second kappa shape index (κ2) is 15.3. The van der Waals surface area contributed by atoms with Gasteiger partial charge in [-0.15, -0.1) is 0 Å². The van der Waals surface area contributed by atoms with Gasteiger partial charge in [-0.2, -0.15) is 24.9 Å². The van der Waals surface area contributed by atoms with E-state index in [0.29, 0.717) is 28.4 Å².